The van der Waals surface area contributed by atoms with Crippen molar-refractivity contribution < 1.29 is 0 Å². The average molecular weight is 227 g/mol. The van der Waals surface area contributed by atoms with E-state index in [1.807, 2.05) is 25.4 Å². The van der Waals surface area contributed by atoms with Gasteiger partial charge in [0.15, 0.2) is 0 Å². The molecule has 0 saturated heterocycles. The number of nitriles is 1. The molecule has 0 radical (unpaired) electrons. The highest BCUT2D eigenvalue weighted by atomic mass is 15.3. The van der Waals surface area contributed by atoms with Crippen LogP contribution < -0.4 is 11.1 Å². The van der Waals surface area contributed by atoms with Gasteiger partial charge in [-0.15, -0.1) is 0 Å². The van der Waals surface area contributed by atoms with Crippen molar-refractivity contribution in [3.05, 3.63) is 36.2 Å². The van der Waals surface area contributed by atoms with Crippen molar-refractivity contribution in [2.45, 2.75) is 6.42 Å². The highest BCUT2D eigenvalue weighted by molar-refractivity contribution is 5.63. The van der Waals surface area contributed by atoms with E-state index in [-0.39, 0.29) is 0 Å². The van der Waals surface area contributed by atoms with Crippen molar-refractivity contribution in [2.24, 2.45) is 7.05 Å². The molecule has 0 saturated carbocycles. The lowest BCUT2D eigenvalue weighted by atomic mass is 10.1. The van der Waals surface area contributed by atoms with Gasteiger partial charge in [-0.05, 0) is 23.8 Å². The molecule has 0 aliphatic rings. The summed E-state index contributed by atoms with van der Waals surface area (Å²) in [6, 6.07) is 7.65. The number of aryl methyl sites for hydroxylation is 1. The van der Waals surface area contributed by atoms with Gasteiger partial charge in [0, 0.05) is 24.6 Å². The number of hydrogen-bond donors (Lipinski definition) is 2. The standard InChI is InChI=1S/C12H13N5/c1-17-8-11(7-15-17)16-10-2-3-12(14)9(6-10)4-5-13/h2-3,6-8,16H,4,14H2,1H3. The molecule has 86 valence electrons. The summed E-state index contributed by atoms with van der Waals surface area (Å²) in [6.45, 7) is 0. The van der Waals surface area contributed by atoms with Gasteiger partial charge >= 0.3 is 0 Å². The minimum Gasteiger partial charge on any atom is -0.398 e. The van der Waals surface area contributed by atoms with Crippen LogP contribution in [0.1, 0.15) is 5.56 Å². The van der Waals surface area contributed by atoms with Gasteiger partial charge < -0.3 is 11.1 Å². The summed E-state index contributed by atoms with van der Waals surface area (Å²) in [5.41, 5.74) is 9.06. The summed E-state index contributed by atoms with van der Waals surface area (Å²) < 4.78 is 1.72. The van der Waals surface area contributed by atoms with E-state index in [9.17, 15) is 0 Å². The maximum atomic E-state index is 8.69. The zero-order chi connectivity index (χ0) is 12.3. The van der Waals surface area contributed by atoms with Gasteiger partial charge in [-0.1, -0.05) is 0 Å². The van der Waals surface area contributed by atoms with Crippen molar-refractivity contribution in [1.82, 2.24) is 9.78 Å². The Morgan fingerprint density at radius 1 is 1.47 bits per heavy atom. The van der Waals surface area contributed by atoms with Gasteiger partial charge in [-0.3, -0.25) is 4.68 Å². The molecule has 0 atom stereocenters. The number of nitrogens with two attached hydrogens (primary N) is 1. The molecule has 0 unspecified atom stereocenters. The highest BCUT2D eigenvalue weighted by Gasteiger charge is 2.02. The number of hydrogen-bond acceptors (Lipinski definition) is 4. The highest BCUT2D eigenvalue weighted by Crippen LogP contribution is 2.21. The van der Waals surface area contributed by atoms with Crippen molar-refractivity contribution in [2.75, 3.05) is 11.1 Å². The van der Waals surface area contributed by atoms with Crippen LogP contribution in [0.25, 0.3) is 0 Å². The van der Waals surface area contributed by atoms with E-state index in [0.29, 0.717) is 12.1 Å². The van der Waals surface area contributed by atoms with Crippen molar-refractivity contribution in [3.63, 3.8) is 0 Å². The van der Waals surface area contributed by atoms with E-state index in [1.165, 1.54) is 0 Å². The molecule has 2 aromatic rings. The molecule has 1 aromatic carbocycles. The molecule has 2 rings (SSSR count). The lowest BCUT2D eigenvalue weighted by Crippen LogP contribution is -1.96. The maximum absolute atomic E-state index is 8.69. The predicted octanol–water partition coefficient (Wildman–Crippen LogP) is 1.81. The fraction of sp³-hybridized carbons (Fsp3) is 0.167. The monoisotopic (exact) mass is 227 g/mol. The van der Waals surface area contributed by atoms with Gasteiger partial charge in [0.2, 0.25) is 0 Å². The Morgan fingerprint density at radius 3 is 2.94 bits per heavy atom. The Kier molecular flexibility index (Phi) is 2.97. The van der Waals surface area contributed by atoms with E-state index in [2.05, 4.69) is 16.5 Å². The predicted molar refractivity (Wildman–Crippen MR) is 66.7 cm³/mol. The Labute approximate surface area is 99.5 Å². The third kappa shape index (κ3) is 2.55. The van der Waals surface area contributed by atoms with Crippen molar-refractivity contribution >= 4 is 17.1 Å². The van der Waals surface area contributed by atoms with E-state index >= 15 is 0 Å². The molecule has 3 N–H and O–H groups in total. The Bertz CT molecular complexity index is 565. The van der Waals surface area contributed by atoms with Crippen LogP contribution >= 0.6 is 0 Å². The van der Waals surface area contributed by atoms with E-state index < -0.39 is 0 Å². The van der Waals surface area contributed by atoms with Gasteiger partial charge in [0.05, 0.1) is 24.4 Å². The Balaban J connectivity index is 2.22. The second-order valence-corrected chi connectivity index (χ2v) is 3.78. The van der Waals surface area contributed by atoms with Gasteiger partial charge in [-0.25, -0.2) is 0 Å². The summed E-state index contributed by atoms with van der Waals surface area (Å²) in [5.74, 6) is 0. The van der Waals surface area contributed by atoms with Crippen LogP contribution in [0.2, 0.25) is 0 Å². The molecular formula is C12H13N5. The number of aromatic nitrogens is 2. The number of nitrogens with zero attached hydrogens (tertiary/aromatic N) is 3. The fourth-order valence-corrected chi connectivity index (χ4v) is 1.57. The first-order valence-corrected chi connectivity index (χ1v) is 5.20. The van der Waals surface area contributed by atoms with Crippen LogP contribution in [0, 0.1) is 11.3 Å². The zero-order valence-corrected chi connectivity index (χ0v) is 9.51. The molecule has 0 bridgehead atoms. The Morgan fingerprint density at radius 2 is 2.29 bits per heavy atom. The van der Waals surface area contributed by atoms with Crippen LogP contribution in [-0.4, -0.2) is 9.78 Å². The normalized spacial score (nSPS) is 9.88. The van der Waals surface area contributed by atoms with Gasteiger partial charge in [0.1, 0.15) is 0 Å². The quantitative estimate of drug-likeness (QED) is 0.784. The van der Waals surface area contributed by atoms with Gasteiger partial charge in [0.25, 0.3) is 0 Å². The first-order valence-electron chi connectivity index (χ1n) is 5.20. The molecule has 0 amide bonds. The first-order chi connectivity index (χ1) is 8.19. The number of benzene rings is 1. The van der Waals surface area contributed by atoms with Crippen molar-refractivity contribution in [1.29, 1.82) is 5.26 Å². The average Bonchev–Trinajstić information content (AvgIpc) is 2.69. The van der Waals surface area contributed by atoms with E-state index in [0.717, 1.165) is 16.9 Å². The number of nitrogen functional groups attached to an aromatic ring is 1. The summed E-state index contributed by atoms with van der Waals surface area (Å²) in [4.78, 5) is 0. The molecule has 5 nitrogen and oxygen atoms in total. The third-order valence-electron chi connectivity index (χ3n) is 2.41. The number of rotatable bonds is 3. The van der Waals surface area contributed by atoms with E-state index in [4.69, 9.17) is 11.0 Å². The molecule has 0 aliphatic heterocycles. The molecule has 0 aliphatic carbocycles. The molecule has 1 aromatic heterocycles. The van der Waals surface area contributed by atoms with E-state index in [1.54, 1.807) is 16.9 Å². The molecule has 1 heterocycles. The smallest absolute Gasteiger partial charge is 0.0770 e. The van der Waals surface area contributed by atoms with Crippen LogP contribution in [0.5, 0.6) is 0 Å². The number of nitrogens with one attached hydrogen (secondary N) is 1. The number of anilines is 3. The maximum Gasteiger partial charge on any atom is 0.0770 e. The minimum atomic E-state index is 0.314. The Hall–Kier alpha value is -2.48. The lowest BCUT2D eigenvalue weighted by Gasteiger charge is -2.07. The minimum absolute atomic E-state index is 0.314. The van der Waals surface area contributed by atoms with Crippen LogP contribution in [0.3, 0.4) is 0 Å². The second kappa shape index (κ2) is 4.58. The van der Waals surface area contributed by atoms with Crippen LogP contribution in [0.4, 0.5) is 17.1 Å². The lowest BCUT2D eigenvalue weighted by molar-refractivity contribution is 0.768. The second-order valence-electron chi connectivity index (χ2n) is 3.78. The van der Waals surface area contributed by atoms with Crippen LogP contribution in [-0.2, 0) is 13.5 Å². The summed E-state index contributed by atoms with van der Waals surface area (Å²) in [5, 5.41) is 16.0. The summed E-state index contributed by atoms with van der Waals surface area (Å²) in [7, 11) is 1.86. The van der Waals surface area contributed by atoms with Gasteiger partial charge in [-0.2, -0.15) is 10.4 Å². The fourth-order valence-electron chi connectivity index (χ4n) is 1.57. The molecular weight excluding hydrogens is 214 g/mol. The topological polar surface area (TPSA) is 79.7 Å². The summed E-state index contributed by atoms with van der Waals surface area (Å²) >= 11 is 0. The third-order valence-corrected chi connectivity index (χ3v) is 2.41. The largest absolute Gasteiger partial charge is 0.398 e. The van der Waals surface area contributed by atoms with Crippen molar-refractivity contribution in [3.8, 4) is 6.07 Å². The van der Waals surface area contributed by atoms with Crippen LogP contribution in [0.15, 0.2) is 30.6 Å². The molecule has 5 heteroatoms. The summed E-state index contributed by atoms with van der Waals surface area (Å²) in [6.07, 6.45) is 3.93. The zero-order valence-electron chi connectivity index (χ0n) is 9.51. The molecule has 0 spiro atoms. The SMILES string of the molecule is Cn1cc(Nc2ccc(N)c(CC#N)c2)cn1. The molecule has 0 fully saturated rings. The first kappa shape index (κ1) is 11.0. The molecule has 17 heavy (non-hydrogen) atoms.